The molecular weight excluding hydrogens is 224 g/mol. The molecule has 3 N–H and O–H groups in total. The molecule has 0 bridgehead atoms. The largest absolute Gasteiger partial charge is 0.398 e. The molecule has 1 aliphatic heterocycles. The summed E-state index contributed by atoms with van der Waals surface area (Å²) < 4.78 is 5.26. The zero-order valence-electron chi connectivity index (χ0n) is 9.43. The van der Waals surface area contributed by atoms with Gasteiger partial charge in [0.1, 0.15) is 0 Å². The molecule has 86 valence electrons. The molecule has 0 spiro atoms. The average molecular weight is 239 g/mol. The molecule has 1 aliphatic rings. The Labute approximate surface area is 100 Å². The summed E-state index contributed by atoms with van der Waals surface area (Å²) in [4.78, 5) is 0. The van der Waals surface area contributed by atoms with Crippen molar-refractivity contribution >= 4 is 23.5 Å². The molecule has 0 aromatic heterocycles. The second-order valence-corrected chi connectivity index (χ2v) is 4.97. The Morgan fingerprint density at radius 2 is 2.19 bits per heavy atom. The van der Waals surface area contributed by atoms with E-state index in [0.717, 1.165) is 16.7 Å². The van der Waals surface area contributed by atoms with Gasteiger partial charge in [-0.05, 0) is 24.1 Å². The molecule has 0 aliphatic carbocycles. The lowest BCUT2D eigenvalue weighted by Gasteiger charge is -2.40. The summed E-state index contributed by atoms with van der Waals surface area (Å²) in [6, 6.07) is 1.73. The predicted octanol–water partition coefficient (Wildman–Crippen LogP) is 2.52. The highest BCUT2D eigenvalue weighted by Crippen LogP contribution is 2.40. The molecule has 0 atom stereocenters. The smallest absolute Gasteiger partial charge is 0.0583 e. The van der Waals surface area contributed by atoms with Crippen molar-refractivity contribution in [3.8, 4) is 0 Å². The summed E-state index contributed by atoms with van der Waals surface area (Å²) in [6.45, 7) is 5.43. The molecule has 0 radical (unpaired) electrons. The number of nitrogens with one attached hydrogen (secondary N) is 1. The predicted molar refractivity (Wildman–Crippen MR) is 66.7 cm³/mol. The van der Waals surface area contributed by atoms with Crippen LogP contribution in [0, 0.1) is 12.3 Å². The summed E-state index contributed by atoms with van der Waals surface area (Å²) in [7, 11) is 0. The number of ether oxygens (including phenoxy) is 1. The van der Waals surface area contributed by atoms with Crippen molar-refractivity contribution in [1.82, 2.24) is 0 Å². The number of benzene rings is 1. The molecule has 4 heteroatoms. The highest BCUT2D eigenvalue weighted by Gasteiger charge is 2.38. The number of hydrogen-bond donors (Lipinski definition) is 2. The summed E-state index contributed by atoms with van der Waals surface area (Å²) in [6.07, 6.45) is 1.29. The highest BCUT2D eigenvalue weighted by molar-refractivity contribution is 6.32. The monoisotopic (exact) mass is 238 g/mol. The van der Waals surface area contributed by atoms with Crippen LogP contribution in [-0.2, 0) is 10.2 Å². The van der Waals surface area contributed by atoms with E-state index in [2.05, 4.69) is 6.92 Å². The number of nitrogens with two attached hydrogens (primary N) is 1. The molecule has 16 heavy (non-hydrogen) atoms. The molecule has 1 aromatic rings. The van der Waals surface area contributed by atoms with Crippen LogP contribution in [0.5, 0.6) is 0 Å². The number of hydrogen-bond acceptors (Lipinski definition) is 3. The number of anilines is 1. The van der Waals surface area contributed by atoms with Crippen LogP contribution in [0.1, 0.15) is 23.6 Å². The topological polar surface area (TPSA) is 59.1 Å². The fraction of sp³-hybridized carbons (Fsp3) is 0.417. The van der Waals surface area contributed by atoms with E-state index in [1.165, 1.54) is 6.21 Å². The van der Waals surface area contributed by atoms with Crippen molar-refractivity contribution in [1.29, 1.82) is 5.41 Å². The van der Waals surface area contributed by atoms with Crippen molar-refractivity contribution in [2.75, 3.05) is 18.9 Å². The Hall–Kier alpha value is -1.06. The molecule has 0 unspecified atom stereocenters. The fourth-order valence-corrected chi connectivity index (χ4v) is 2.79. The van der Waals surface area contributed by atoms with Gasteiger partial charge in [-0.25, -0.2) is 0 Å². The first-order chi connectivity index (χ1) is 7.49. The van der Waals surface area contributed by atoms with Gasteiger partial charge in [0.25, 0.3) is 0 Å². The van der Waals surface area contributed by atoms with Gasteiger partial charge in [0.05, 0.1) is 13.2 Å². The van der Waals surface area contributed by atoms with Crippen molar-refractivity contribution in [3.63, 3.8) is 0 Å². The van der Waals surface area contributed by atoms with Gasteiger partial charge in [0.15, 0.2) is 0 Å². The van der Waals surface area contributed by atoms with E-state index in [1.54, 1.807) is 6.07 Å². The molecule has 3 nitrogen and oxygen atoms in total. The Bertz CT molecular complexity index is 453. The number of halogens is 1. The van der Waals surface area contributed by atoms with E-state index in [-0.39, 0.29) is 5.41 Å². The third-order valence-electron chi connectivity index (χ3n) is 3.20. The first-order valence-corrected chi connectivity index (χ1v) is 5.54. The Morgan fingerprint density at radius 3 is 2.62 bits per heavy atom. The molecule has 1 aromatic carbocycles. The van der Waals surface area contributed by atoms with Crippen LogP contribution in [0.15, 0.2) is 6.07 Å². The van der Waals surface area contributed by atoms with Crippen LogP contribution >= 0.6 is 11.6 Å². The second-order valence-electron chi connectivity index (χ2n) is 4.56. The zero-order valence-corrected chi connectivity index (χ0v) is 10.2. The Balaban J connectivity index is 2.65. The Morgan fingerprint density at radius 1 is 1.56 bits per heavy atom. The minimum absolute atomic E-state index is 0.0351. The first kappa shape index (κ1) is 11.4. The first-order valence-electron chi connectivity index (χ1n) is 5.17. The van der Waals surface area contributed by atoms with Gasteiger partial charge in [0.2, 0.25) is 0 Å². The van der Waals surface area contributed by atoms with Gasteiger partial charge in [-0.3, -0.25) is 0 Å². The van der Waals surface area contributed by atoms with E-state index in [1.807, 2.05) is 6.92 Å². The normalized spacial score (nSPS) is 17.9. The fourth-order valence-electron chi connectivity index (χ4n) is 2.30. The van der Waals surface area contributed by atoms with Crippen molar-refractivity contribution in [2.45, 2.75) is 19.3 Å². The summed E-state index contributed by atoms with van der Waals surface area (Å²) in [5, 5.41) is 8.07. The minimum Gasteiger partial charge on any atom is -0.398 e. The van der Waals surface area contributed by atoms with Crippen molar-refractivity contribution in [2.24, 2.45) is 0 Å². The lowest BCUT2D eigenvalue weighted by Crippen LogP contribution is -2.44. The van der Waals surface area contributed by atoms with Crippen LogP contribution in [0.25, 0.3) is 0 Å². The third-order valence-corrected chi connectivity index (χ3v) is 3.50. The van der Waals surface area contributed by atoms with E-state index < -0.39 is 0 Å². The van der Waals surface area contributed by atoms with Crippen LogP contribution in [0.2, 0.25) is 5.02 Å². The Kier molecular flexibility index (Phi) is 2.68. The molecule has 1 saturated heterocycles. The maximum atomic E-state index is 7.39. The zero-order chi connectivity index (χ0) is 11.9. The minimum atomic E-state index is -0.0351. The summed E-state index contributed by atoms with van der Waals surface area (Å²) in [5.41, 5.74) is 9.17. The standard InChI is InChI=1S/C12H15ClN2O/c1-7-8(4-14)10(15)3-9(13)11(7)12(2)5-16-6-12/h3-4,14H,5-6,15H2,1-2H3. The second kappa shape index (κ2) is 3.75. The quantitative estimate of drug-likeness (QED) is 0.614. The lowest BCUT2D eigenvalue weighted by atomic mass is 9.77. The van der Waals surface area contributed by atoms with Crippen molar-refractivity contribution in [3.05, 3.63) is 27.8 Å². The van der Waals surface area contributed by atoms with Crippen LogP contribution in [0.4, 0.5) is 5.69 Å². The highest BCUT2D eigenvalue weighted by atomic mass is 35.5. The van der Waals surface area contributed by atoms with E-state index in [4.69, 9.17) is 27.5 Å². The van der Waals surface area contributed by atoms with Crippen LogP contribution in [0.3, 0.4) is 0 Å². The van der Waals surface area contributed by atoms with E-state index >= 15 is 0 Å². The van der Waals surface area contributed by atoms with Gasteiger partial charge in [0, 0.05) is 27.9 Å². The van der Waals surface area contributed by atoms with Gasteiger partial charge in [-0.15, -0.1) is 0 Å². The SMILES string of the molecule is Cc1c(C=N)c(N)cc(Cl)c1C1(C)COC1. The van der Waals surface area contributed by atoms with Gasteiger partial charge < -0.3 is 15.9 Å². The molecular formula is C12H15ClN2O. The van der Waals surface area contributed by atoms with Gasteiger partial charge in [-0.1, -0.05) is 18.5 Å². The van der Waals surface area contributed by atoms with Gasteiger partial charge in [-0.2, -0.15) is 0 Å². The number of rotatable bonds is 2. The molecule has 1 heterocycles. The maximum absolute atomic E-state index is 7.39. The lowest BCUT2D eigenvalue weighted by molar-refractivity contribution is -0.0502. The molecule has 1 fully saturated rings. The average Bonchev–Trinajstić information content (AvgIpc) is 2.14. The number of nitrogen functional groups attached to an aromatic ring is 1. The molecule has 0 amide bonds. The van der Waals surface area contributed by atoms with E-state index in [0.29, 0.717) is 23.9 Å². The van der Waals surface area contributed by atoms with E-state index in [9.17, 15) is 0 Å². The van der Waals surface area contributed by atoms with Crippen molar-refractivity contribution < 1.29 is 4.74 Å². The summed E-state index contributed by atoms with van der Waals surface area (Å²) in [5.74, 6) is 0. The summed E-state index contributed by atoms with van der Waals surface area (Å²) >= 11 is 6.25. The molecule has 2 rings (SSSR count). The van der Waals surface area contributed by atoms with Crippen LogP contribution in [-0.4, -0.2) is 19.4 Å². The molecule has 0 saturated carbocycles. The third kappa shape index (κ3) is 1.51. The van der Waals surface area contributed by atoms with Gasteiger partial charge >= 0.3 is 0 Å². The maximum Gasteiger partial charge on any atom is 0.0583 e. The van der Waals surface area contributed by atoms with Crippen LogP contribution < -0.4 is 5.73 Å².